The molecule has 28 heavy (non-hydrogen) atoms. The Bertz CT molecular complexity index is 822. The Morgan fingerprint density at radius 2 is 1.61 bits per heavy atom. The lowest BCUT2D eigenvalue weighted by molar-refractivity contribution is -0.148. The summed E-state index contributed by atoms with van der Waals surface area (Å²) < 4.78 is 54.7. The molecular formula is C22H23F4NO. The van der Waals surface area contributed by atoms with Gasteiger partial charge in [0.15, 0.2) is 0 Å². The van der Waals surface area contributed by atoms with Crippen LogP contribution in [-0.2, 0) is 18.3 Å². The molecule has 2 bridgehead atoms. The van der Waals surface area contributed by atoms with Crippen molar-refractivity contribution in [2.45, 2.75) is 62.5 Å². The van der Waals surface area contributed by atoms with E-state index in [4.69, 9.17) is 0 Å². The Hall–Kier alpha value is -1.92. The molecule has 150 valence electrons. The van der Waals surface area contributed by atoms with Crippen molar-refractivity contribution in [2.75, 3.05) is 0 Å². The normalized spacial score (nSPS) is 28.3. The largest absolute Gasteiger partial charge is 0.419 e. The zero-order chi connectivity index (χ0) is 19.9. The molecule has 0 radical (unpaired) electrons. The molecule has 6 heteroatoms. The van der Waals surface area contributed by atoms with Gasteiger partial charge in [0.2, 0.25) is 0 Å². The Balaban J connectivity index is 1.67. The first-order valence-electron chi connectivity index (χ1n) is 9.66. The van der Waals surface area contributed by atoms with E-state index in [9.17, 15) is 22.7 Å². The van der Waals surface area contributed by atoms with Crippen LogP contribution in [0.4, 0.5) is 17.6 Å². The van der Waals surface area contributed by atoms with Crippen LogP contribution in [0.15, 0.2) is 48.5 Å². The van der Waals surface area contributed by atoms with E-state index >= 15 is 0 Å². The Morgan fingerprint density at radius 3 is 2.21 bits per heavy atom. The van der Waals surface area contributed by atoms with Gasteiger partial charge < -0.3 is 5.11 Å². The lowest BCUT2D eigenvalue weighted by atomic mass is 9.71. The Kier molecular flexibility index (Phi) is 4.96. The molecule has 2 atom stereocenters. The first kappa shape index (κ1) is 19.4. The van der Waals surface area contributed by atoms with Crippen LogP contribution >= 0.6 is 0 Å². The number of hydrogen-bond acceptors (Lipinski definition) is 2. The first-order chi connectivity index (χ1) is 13.3. The van der Waals surface area contributed by atoms with Gasteiger partial charge in [0, 0.05) is 18.6 Å². The third kappa shape index (κ3) is 3.55. The lowest BCUT2D eigenvalue weighted by Crippen LogP contribution is -2.56. The summed E-state index contributed by atoms with van der Waals surface area (Å²) in [5.41, 5.74) is -2.18. The van der Waals surface area contributed by atoms with Gasteiger partial charge in [-0.05, 0) is 42.9 Å². The lowest BCUT2D eigenvalue weighted by Gasteiger charge is -2.52. The molecule has 4 rings (SSSR count). The highest BCUT2D eigenvalue weighted by Crippen LogP contribution is 2.48. The number of alkyl halides is 3. The summed E-state index contributed by atoms with van der Waals surface area (Å²) in [6.07, 6.45) is -1.84. The van der Waals surface area contributed by atoms with E-state index < -0.39 is 23.2 Å². The quantitative estimate of drug-likeness (QED) is 0.720. The standard InChI is InChI=1S/C22H23F4NO/c23-19-11-5-10-18(20(19)22(24,25)26)21(28)12-16-8-4-9-17(13-21)27(16)14-15-6-2-1-3-7-15/h1-3,5-7,10-11,16-17,28H,4,8-9,12-14H2. The van der Waals surface area contributed by atoms with Crippen LogP contribution in [0.1, 0.15) is 48.8 Å². The zero-order valence-corrected chi connectivity index (χ0v) is 15.4. The molecule has 0 spiro atoms. The highest BCUT2D eigenvalue weighted by molar-refractivity contribution is 5.37. The number of rotatable bonds is 3. The van der Waals surface area contributed by atoms with Gasteiger partial charge in [-0.2, -0.15) is 13.2 Å². The van der Waals surface area contributed by atoms with Crippen molar-refractivity contribution in [3.05, 3.63) is 71.0 Å². The van der Waals surface area contributed by atoms with E-state index in [1.165, 1.54) is 12.1 Å². The number of aliphatic hydroxyl groups is 1. The second-order valence-electron chi connectivity index (χ2n) is 8.00. The van der Waals surface area contributed by atoms with Crippen LogP contribution in [0.5, 0.6) is 0 Å². The average Bonchev–Trinajstić information content (AvgIpc) is 2.62. The molecule has 0 amide bonds. The van der Waals surface area contributed by atoms with Gasteiger partial charge in [-0.3, -0.25) is 4.90 Å². The van der Waals surface area contributed by atoms with E-state index in [0.717, 1.165) is 30.9 Å². The van der Waals surface area contributed by atoms with Gasteiger partial charge >= 0.3 is 6.18 Å². The summed E-state index contributed by atoms with van der Waals surface area (Å²) >= 11 is 0. The molecular weight excluding hydrogens is 370 g/mol. The number of piperidine rings is 2. The average molecular weight is 393 g/mol. The van der Waals surface area contributed by atoms with Crippen LogP contribution in [0, 0.1) is 5.82 Å². The second-order valence-corrected chi connectivity index (χ2v) is 8.00. The highest BCUT2D eigenvalue weighted by Gasteiger charge is 2.50. The molecule has 2 aromatic rings. The molecule has 2 saturated heterocycles. The molecule has 0 aromatic heterocycles. The van der Waals surface area contributed by atoms with E-state index in [0.29, 0.717) is 6.54 Å². The van der Waals surface area contributed by atoms with Gasteiger partial charge in [0.25, 0.3) is 0 Å². The minimum Gasteiger partial charge on any atom is -0.385 e. The van der Waals surface area contributed by atoms with Crippen LogP contribution in [0.2, 0.25) is 0 Å². The van der Waals surface area contributed by atoms with Crippen LogP contribution in [-0.4, -0.2) is 22.1 Å². The fourth-order valence-corrected chi connectivity index (χ4v) is 4.99. The van der Waals surface area contributed by atoms with Crippen molar-refractivity contribution in [1.29, 1.82) is 0 Å². The molecule has 2 nitrogen and oxygen atoms in total. The predicted octanol–water partition coefficient (Wildman–Crippen LogP) is 5.25. The molecule has 2 aliphatic rings. The molecule has 2 fully saturated rings. The third-order valence-corrected chi connectivity index (χ3v) is 6.17. The number of nitrogens with zero attached hydrogens (tertiary/aromatic N) is 1. The van der Waals surface area contributed by atoms with E-state index in [1.807, 2.05) is 30.3 Å². The smallest absolute Gasteiger partial charge is 0.385 e. The molecule has 0 saturated carbocycles. The van der Waals surface area contributed by atoms with Crippen LogP contribution in [0.25, 0.3) is 0 Å². The SMILES string of the molecule is OC1(c2cccc(F)c2C(F)(F)F)CC2CCCC(C1)N2Cc1ccccc1. The summed E-state index contributed by atoms with van der Waals surface area (Å²) in [6, 6.07) is 13.2. The van der Waals surface area contributed by atoms with Crippen LogP contribution < -0.4 is 0 Å². The number of benzene rings is 2. The van der Waals surface area contributed by atoms with Crippen molar-refractivity contribution in [2.24, 2.45) is 0 Å². The van der Waals surface area contributed by atoms with Gasteiger partial charge in [-0.1, -0.05) is 48.9 Å². The monoisotopic (exact) mass is 393 g/mol. The molecule has 2 unspecified atom stereocenters. The van der Waals surface area contributed by atoms with Crippen molar-refractivity contribution >= 4 is 0 Å². The number of fused-ring (bicyclic) bond motifs is 2. The van der Waals surface area contributed by atoms with E-state index in [-0.39, 0.29) is 30.5 Å². The Labute approximate surface area is 161 Å². The van der Waals surface area contributed by atoms with E-state index in [1.54, 1.807) is 0 Å². The molecule has 1 N–H and O–H groups in total. The first-order valence-corrected chi connectivity index (χ1v) is 9.66. The molecule has 0 aliphatic carbocycles. The maximum Gasteiger partial charge on any atom is 0.419 e. The van der Waals surface area contributed by atoms with Crippen molar-refractivity contribution in [3.8, 4) is 0 Å². The van der Waals surface area contributed by atoms with Gasteiger partial charge in [-0.25, -0.2) is 4.39 Å². The van der Waals surface area contributed by atoms with Crippen LogP contribution in [0.3, 0.4) is 0 Å². The van der Waals surface area contributed by atoms with Gasteiger partial charge in [0.1, 0.15) is 5.82 Å². The maximum atomic E-state index is 14.1. The highest BCUT2D eigenvalue weighted by atomic mass is 19.4. The van der Waals surface area contributed by atoms with Gasteiger partial charge in [0.05, 0.1) is 11.2 Å². The predicted molar refractivity (Wildman–Crippen MR) is 97.9 cm³/mol. The molecule has 2 aromatic carbocycles. The molecule has 2 aliphatic heterocycles. The zero-order valence-electron chi connectivity index (χ0n) is 15.4. The number of halogens is 4. The summed E-state index contributed by atoms with van der Waals surface area (Å²) in [7, 11) is 0. The topological polar surface area (TPSA) is 23.5 Å². The Morgan fingerprint density at radius 1 is 0.964 bits per heavy atom. The molecule has 2 heterocycles. The van der Waals surface area contributed by atoms with Crippen molar-refractivity contribution < 1.29 is 22.7 Å². The second kappa shape index (κ2) is 7.16. The summed E-state index contributed by atoms with van der Waals surface area (Å²) in [6.45, 7) is 0.710. The number of hydrogen-bond donors (Lipinski definition) is 1. The summed E-state index contributed by atoms with van der Waals surface area (Å²) in [5, 5.41) is 11.3. The van der Waals surface area contributed by atoms with E-state index in [2.05, 4.69) is 4.90 Å². The summed E-state index contributed by atoms with van der Waals surface area (Å²) in [4.78, 5) is 2.31. The summed E-state index contributed by atoms with van der Waals surface area (Å²) in [5.74, 6) is -1.32. The fraction of sp³-hybridized carbons (Fsp3) is 0.455. The maximum absolute atomic E-state index is 14.1. The van der Waals surface area contributed by atoms with Crippen molar-refractivity contribution in [3.63, 3.8) is 0 Å². The third-order valence-electron chi connectivity index (χ3n) is 6.17. The fourth-order valence-electron chi connectivity index (χ4n) is 4.99. The van der Waals surface area contributed by atoms with Gasteiger partial charge in [-0.15, -0.1) is 0 Å². The van der Waals surface area contributed by atoms with Crippen molar-refractivity contribution in [1.82, 2.24) is 4.90 Å². The minimum atomic E-state index is -4.84. The minimum absolute atomic E-state index is 0.0259.